The van der Waals surface area contributed by atoms with Crippen LogP contribution in [0, 0.1) is 10.1 Å². The van der Waals surface area contributed by atoms with Gasteiger partial charge in [0.2, 0.25) is 0 Å². The number of anilines is 1. The minimum Gasteiger partial charge on any atom is -0.375 e. The van der Waals surface area contributed by atoms with Crippen LogP contribution in [0.4, 0.5) is 11.4 Å². The molecule has 1 unspecified atom stereocenters. The number of benzene rings is 3. The molecule has 4 rings (SSSR count). The van der Waals surface area contributed by atoms with Crippen molar-refractivity contribution in [3.05, 3.63) is 122 Å². The van der Waals surface area contributed by atoms with Gasteiger partial charge in [-0.15, -0.1) is 0 Å². The number of rotatable bonds is 7. The number of imidazole rings is 1. The monoisotopic (exact) mass is 452 g/mol. The molecule has 1 atom stereocenters. The molecule has 0 bridgehead atoms. The quantitative estimate of drug-likeness (QED) is 0.262. The third-order valence-corrected chi connectivity index (χ3v) is 5.44. The molecule has 1 aromatic heterocycles. The van der Waals surface area contributed by atoms with Crippen molar-refractivity contribution in [1.82, 2.24) is 9.55 Å². The van der Waals surface area contributed by atoms with E-state index in [-0.39, 0.29) is 16.7 Å². The molecular weight excluding hydrogens is 435 g/mol. The summed E-state index contributed by atoms with van der Waals surface area (Å²) in [4.78, 5) is 15.4. The standard InChI is InChI=1S/C23H18Cl2N4O2/c24-19-6-1-16(2-7-19)14-27-21-13-18(5-10-22(21)29(30)31)23(28-12-11-26-15-28)17-3-8-20(25)9-4-17/h1-13,15,23,27H,14H2. The van der Waals surface area contributed by atoms with Gasteiger partial charge in [-0.3, -0.25) is 10.1 Å². The number of halogens is 2. The summed E-state index contributed by atoms with van der Waals surface area (Å²) >= 11 is 12.0. The first kappa shape index (κ1) is 20.9. The summed E-state index contributed by atoms with van der Waals surface area (Å²) in [5.74, 6) is 0. The van der Waals surface area contributed by atoms with Gasteiger partial charge in [0.05, 0.1) is 17.3 Å². The fourth-order valence-corrected chi connectivity index (χ4v) is 3.68. The highest BCUT2D eigenvalue weighted by Crippen LogP contribution is 2.33. The molecule has 0 spiro atoms. The van der Waals surface area contributed by atoms with Crippen molar-refractivity contribution >= 4 is 34.6 Å². The average Bonchev–Trinajstić information content (AvgIpc) is 3.29. The third kappa shape index (κ3) is 4.87. The highest BCUT2D eigenvalue weighted by atomic mass is 35.5. The molecule has 0 aliphatic rings. The van der Waals surface area contributed by atoms with E-state index in [9.17, 15) is 10.1 Å². The molecule has 0 aliphatic heterocycles. The van der Waals surface area contributed by atoms with Crippen LogP contribution in [0.5, 0.6) is 0 Å². The molecule has 0 saturated heterocycles. The molecule has 0 aliphatic carbocycles. The van der Waals surface area contributed by atoms with Gasteiger partial charge in [0.25, 0.3) is 5.69 Å². The fraction of sp³-hybridized carbons (Fsp3) is 0.0870. The van der Waals surface area contributed by atoms with E-state index in [0.717, 1.165) is 16.7 Å². The maximum Gasteiger partial charge on any atom is 0.292 e. The summed E-state index contributed by atoms with van der Waals surface area (Å²) in [6, 6.07) is 19.8. The van der Waals surface area contributed by atoms with E-state index >= 15 is 0 Å². The summed E-state index contributed by atoms with van der Waals surface area (Å²) in [6.07, 6.45) is 5.29. The predicted molar refractivity (Wildman–Crippen MR) is 123 cm³/mol. The maximum atomic E-state index is 11.6. The molecule has 1 heterocycles. The summed E-state index contributed by atoms with van der Waals surface area (Å²) in [5.41, 5.74) is 3.28. The van der Waals surface area contributed by atoms with Crippen molar-refractivity contribution in [2.75, 3.05) is 5.32 Å². The average molecular weight is 453 g/mol. The first-order valence-electron chi connectivity index (χ1n) is 9.51. The summed E-state index contributed by atoms with van der Waals surface area (Å²) < 4.78 is 1.95. The molecule has 4 aromatic rings. The van der Waals surface area contributed by atoms with Gasteiger partial charge < -0.3 is 9.88 Å². The minimum absolute atomic E-state index is 0.0122. The van der Waals surface area contributed by atoms with Gasteiger partial charge in [-0.1, -0.05) is 47.5 Å². The topological polar surface area (TPSA) is 73.0 Å². The predicted octanol–water partition coefficient (Wildman–Crippen LogP) is 6.35. The molecule has 3 aromatic carbocycles. The van der Waals surface area contributed by atoms with Gasteiger partial charge in [0.1, 0.15) is 5.69 Å². The van der Waals surface area contributed by atoms with Crippen LogP contribution in [-0.2, 0) is 6.54 Å². The molecule has 31 heavy (non-hydrogen) atoms. The second-order valence-electron chi connectivity index (χ2n) is 6.98. The molecule has 0 saturated carbocycles. The van der Waals surface area contributed by atoms with Crippen LogP contribution in [0.2, 0.25) is 10.0 Å². The van der Waals surface area contributed by atoms with E-state index in [1.165, 1.54) is 6.07 Å². The maximum absolute atomic E-state index is 11.6. The van der Waals surface area contributed by atoms with Crippen molar-refractivity contribution in [2.24, 2.45) is 0 Å². The van der Waals surface area contributed by atoms with Crippen LogP contribution < -0.4 is 5.32 Å². The lowest BCUT2D eigenvalue weighted by Crippen LogP contribution is -2.12. The molecular formula is C23H18Cl2N4O2. The lowest BCUT2D eigenvalue weighted by atomic mass is 9.97. The first-order valence-corrected chi connectivity index (χ1v) is 10.3. The van der Waals surface area contributed by atoms with E-state index in [0.29, 0.717) is 22.3 Å². The molecule has 6 nitrogen and oxygen atoms in total. The summed E-state index contributed by atoms with van der Waals surface area (Å²) in [6.45, 7) is 0.429. The molecule has 156 valence electrons. The Bertz CT molecular complexity index is 1180. The molecule has 1 N–H and O–H groups in total. The van der Waals surface area contributed by atoms with Crippen molar-refractivity contribution in [1.29, 1.82) is 0 Å². The number of hydrogen-bond acceptors (Lipinski definition) is 4. The Labute approximate surface area is 189 Å². The third-order valence-electron chi connectivity index (χ3n) is 4.94. The number of nitro benzene ring substituents is 1. The minimum atomic E-state index is -0.386. The van der Waals surface area contributed by atoms with Crippen molar-refractivity contribution < 1.29 is 4.92 Å². The Balaban J connectivity index is 1.72. The normalized spacial score (nSPS) is 11.8. The largest absolute Gasteiger partial charge is 0.375 e. The molecule has 0 radical (unpaired) electrons. The summed E-state index contributed by atoms with van der Waals surface area (Å²) in [5, 5.41) is 16.1. The SMILES string of the molecule is O=[N+]([O-])c1ccc(C(c2ccc(Cl)cc2)n2ccnc2)cc1NCc1ccc(Cl)cc1. The second kappa shape index (κ2) is 9.20. The van der Waals surface area contributed by atoms with Gasteiger partial charge in [0, 0.05) is 35.1 Å². The lowest BCUT2D eigenvalue weighted by Gasteiger charge is -2.21. The van der Waals surface area contributed by atoms with Gasteiger partial charge in [-0.2, -0.15) is 0 Å². The van der Waals surface area contributed by atoms with E-state index < -0.39 is 0 Å². The van der Waals surface area contributed by atoms with Crippen LogP contribution in [0.25, 0.3) is 0 Å². The van der Waals surface area contributed by atoms with E-state index in [2.05, 4.69) is 10.3 Å². The van der Waals surface area contributed by atoms with Gasteiger partial charge >= 0.3 is 0 Å². The number of nitro groups is 1. The Morgan fingerprint density at radius 3 is 2.23 bits per heavy atom. The zero-order valence-corrected chi connectivity index (χ0v) is 17.8. The van der Waals surface area contributed by atoms with Crippen molar-refractivity contribution in [3.63, 3.8) is 0 Å². The van der Waals surface area contributed by atoms with Gasteiger partial charge in [-0.25, -0.2) is 4.98 Å². The van der Waals surface area contributed by atoms with E-state index in [1.807, 2.05) is 53.2 Å². The Morgan fingerprint density at radius 1 is 0.968 bits per heavy atom. The summed E-state index contributed by atoms with van der Waals surface area (Å²) in [7, 11) is 0. The van der Waals surface area contributed by atoms with Crippen LogP contribution in [0.3, 0.4) is 0 Å². The highest BCUT2D eigenvalue weighted by molar-refractivity contribution is 6.30. The number of hydrogen-bond donors (Lipinski definition) is 1. The number of nitrogens with zero attached hydrogens (tertiary/aromatic N) is 3. The van der Waals surface area contributed by atoms with Gasteiger partial charge in [0.15, 0.2) is 0 Å². The Kier molecular flexibility index (Phi) is 6.21. The molecule has 0 fully saturated rings. The molecule has 0 amide bonds. The smallest absolute Gasteiger partial charge is 0.292 e. The highest BCUT2D eigenvalue weighted by Gasteiger charge is 2.21. The van der Waals surface area contributed by atoms with Crippen LogP contribution in [-0.4, -0.2) is 14.5 Å². The number of aromatic nitrogens is 2. The second-order valence-corrected chi connectivity index (χ2v) is 7.85. The van der Waals surface area contributed by atoms with Crippen LogP contribution in [0.15, 0.2) is 85.5 Å². The van der Waals surface area contributed by atoms with Crippen molar-refractivity contribution in [3.8, 4) is 0 Å². The van der Waals surface area contributed by atoms with E-state index in [1.54, 1.807) is 30.7 Å². The van der Waals surface area contributed by atoms with Crippen LogP contribution >= 0.6 is 23.2 Å². The Hall–Kier alpha value is -3.35. The van der Waals surface area contributed by atoms with Crippen molar-refractivity contribution in [2.45, 2.75) is 12.6 Å². The van der Waals surface area contributed by atoms with E-state index in [4.69, 9.17) is 23.2 Å². The zero-order valence-electron chi connectivity index (χ0n) is 16.3. The van der Waals surface area contributed by atoms with Crippen LogP contribution in [0.1, 0.15) is 22.7 Å². The fourth-order valence-electron chi connectivity index (χ4n) is 3.43. The Morgan fingerprint density at radius 2 is 1.61 bits per heavy atom. The molecule has 8 heteroatoms. The number of nitrogens with one attached hydrogen (secondary N) is 1. The zero-order chi connectivity index (χ0) is 21.8. The van der Waals surface area contributed by atoms with Gasteiger partial charge in [-0.05, 0) is 53.1 Å². The lowest BCUT2D eigenvalue weighted by molar-refractivity contribution is -0.384. The first-order chi connectivity index (χ1) is 15.0.